The van der Waals surface area contributed by atoms with E-state index in [0.717, 1.165) is 5.71 Å². The third-order valence-corrected chi connectivity index (χ3v) is 2.86. The third-order valence-electron chi connectivity index (χ3n) is 2.86. The molecule has 0 aliphatic rings. The van der Waals surface area contributed by atoms with Crippen molar-refractivity contribution in [1.29, 1.82) is 0 Å². The van der Waals surface area contributed by atoms with Crippen LogP contribution in [0.15, 0.2) is 65.7 Å². The molecule has 0 spiro atoms. The summed E-state index contributed by atoms with van der Waals surface area (Å²) in [6.45, 7) is 4.19. The normalized spacial score (nSPS) is 13.4. The molecule has 0 N–H and O–H groups in total. The van der Waals surface area contributed by atoms with Crippen LogP contribution in [-0.2, 0) is 0 Å². The van der Waals surface area contributed by atoms with Crippen molar-refractivity contribution in [2.45, 2.75) is 19.9 Å². The summed E-state index contributed by atoms with van der Waals surface area (Å²) in [5.74, 6) is 0. The summed E-state index contributed by atoms with van der Waals surface area (Å²) in [7, 11) is 0. The number of aliphatic imine (C=N–C) groups is 1. The van der Waals surface area contributed by atoms with Gasteiger partial charge in [-0.25, -0.2) is 0 Å². The van der Waals surface area contributed by atoms with Crippen molar-refractivity contribution in [3.05, 3.63) is 71.8 Å². The van der Waals surface area contributed by atoms with Gasteiger partial charge in [-0.3, -0.25) is 4.99 Å². The van der Waals surface area contributed by atoms with Crippen LogP contribution in [0.25, 0.3) is 0 Å². The van der Waals surface area contributed by atoms with Crippen LogP contribution in [0.3, 0.4) is 0 Å². The summed E-state index contributed by atoms with van der Waals surface area (Å²) in [6, 6.07) is 20.9. The average molecular weight is 223 g/mol. The number of benzene rings is 2. The summed E-state index contributed by atoms with van der Waals surface area (Å²) in [5.41, 5.74) is 3.53. The Hall–Kier alpha value is -1.89. The highest BCUT2D eigenvalue weighted by Gasteiger charge is 2.03. The molecule has 0 radical (unpaired) electrons. The lowest BCUT2D eigenvalue weighted by molar-refractivity contribution is 0.819. The molecule has 1 heteroatoms. The lowest BCUT2D eigenvalue weighted by atomic mass is 10.1. The molecule has 0 saturated carbocycles. The Kier molecular flexibility index (Phi) is 3.71. The van der Waals surface area contributed by atoms with E-state index >= 15 is 0 Å². The first-order valence-corrected chi connectivity index (χ1v) is 5.92. The van der Waals surface area contributed by atoms with E-state index in [1.807, 2.05) is 24.3 Å². The molecule has 2 aromatic rings. The van der Waals surface area contributed by atoms with Crippen LogP contribution in [0.1, 0.15) is 31.0 Å². The summed E-state index contributed by atoms with van der Waals surface area (Å²) >= 11 is 0. The molecule has 1 unspecified atom stereocenters. The fourth-order valence-corrected chi connectivity index (χ4v) is 1.85. The Morgan fingerprint density at radius 3 is 2.00 bits per heavy atom. The molecular formula is C16H17N. The maximum Gasteiger partial charge on any atom is 0.0724 e. The van der Waals surface area contributed by atoms with Gasteiger partial charge in [0, 0.05) is 5.71 Å². The van der Waals surface area contributed by atoms with Crippen LogP contribution in [0.5, 0.6) is 0 Å². The largest absolute Gasteiger partial charge is 0.282 e. The fraction of sp³-hybridized carbons (Fsp3) is 0.188. The smallest absolute Gasteiger partial charge is 0.0724 e. The molecule has 0 amide bonds. The van der Waals surface area contributed by atoms with Crippen LogP contribution in [-0.4, -0.2) is 5.71 Å². The Morgan fingerprint density at radius 2 is 1.41 bits per heavy atom. The topological polar surface area (TPSA) is 12.4 Å². The van der Waals surface area contributed by atoms with Crippen LogP contribution in [0.4, 0.5) is 0 Å². The van der Waals surface area contributed by atoms with E-state index in [1.54, 1.807) is 0 Å². The zero-order valence-electron chi connectivity index (χ0n) is 10.3. The van der Waals surface area contributed by atoms with Gasteiger partial charge in [0.1, 0.15) is 0 Å². The van der Waals surface area contributed by atoms with Crippen molar-refractivity contribution >= 4 is 5.71 Å². The summed E-state index contributed by atoms with van der Waals surface area (Å²) in [4.78, 5) is 4.73. The van der Waals surface area contributed by atoms with E-state index in [1.165, 1.54) is 11.1 Å². The SMILES string of the molecule is C/C(=N\C(C)c1ccccc1)c1ccccc1. The Bertz CT molecular complexity index is 485. The van der Waals surface area contributed by atoms with Gasteiger partial charge in [-0.15, -0.1) is 0 Å². The lowest BCUT2D eigenvalue weighted by Gasteiger charge is -2.09. The average Bonchev–Trinajstić information content (AvgIpc) is 2.40. The van der Waals surface area contributed by atoms with Crippen molar-refractivity contribution in [1.82, 2.24) is 0 Å². The van der Waals surface area contributed by atoms with Gasteiger partial charge in [0.05, 0.1) is 6.04 Å². The molecule has 17 heavy (non-hydrogen) atoms. The molecule has 2 rings (SSSR count). The quantitative estimate of drug-likeness (QED) is 0.689. The Balaban J connectivity index is 2.20. The molecule has 0 bridgehead atoms. The summed E-state index contributed by atoms with van der Waals surface area (Å²) < 4.78 is 0. The van der Waals surface area contributed by atoms with Crippen molar-refractivity contribution < 1.29 is 0 Å². The van der Waals surface area contributed by atoms with E-state index in [9.17, 15) is 0 Å². The predicted molar refractivity (Wildman–Crippen MR) is 73.5 cm³/mol. The van der Waals surface area contributed by atoms with Crippen molar-refractivity contribution in [3.8, 4) is 0 Å². The first-order valence-electron chi connectivity index (χ1n) is 5.92. The van der Waals surface area contributed by atoms with Gasteiger partial charge in [0.2, 0.25) is 0 Å². The molecule has 1 nitrogen and oxygen atoms in total. The minimum atomic E-state index is 0.205. The maximum absolute atomic E-state index is 4.73. The summed E-state index contributed by atoms with van der Waals surface area (Å²) in [5, 5.41) is 0. The highest BCUT2D eigenvalue weighted by Crippen LogP contribution is 2.17. The molecule has 0 heterocycles. The van der Waals surface area contributed by atoms with Crippen LogP contribution >= 0.6 is 0 Å². The van der Waals surface area contributed by atoms with Gasteiger partial charge in [-0.1, -0.05) is 60.7 Å². The zero-order valence-corrected chi connectivity index (χ0v) is 10.3. The molecular weight excluding hydrogens is 206 g/mol. The highest BCUT2D eigenvalue weighted by atomic mass is 14.8. The van der Waals surface area contributed by atoms with E-state index in [-0.39, 0.29) is 6.04 Å². The number of hydrogen-bond donors (Lipinski definition) is 0. The minimum absolute atomic E-state index is 0.205. The highest BCUT2D eigenvalue weighted by molar-refractivity contribution is 5.98. The van der Waals surface area contributed by atoms with Crippen molar-refractivity contribution in [2.24, 2.45) is 4.99 Å². The van der Waals surface area contributed by atoms with Crippen molar-refractivity contribution in [2.75, 3.05) is 0 Å². The zero-order chi connectivity index (χ0) is 12.1. The standard InChI is InChI=1S/C16H17N/c1-13(15-9-5-3-6-10-15)17-14(2)16-11-7-4-8-12-16/h3-13H,1-2H3/b17-14+. The van der Waals surface area contributed by atoms with Crippen LogP contribution in [0.2, 0.25) is 0 Å². The Labute approximate surface area is 103 Å². The van der Waals surface area contributed by atoms with E-state index in [0.29, 0.717) is 0 Å². The van der Waals surface area contributed by atoms with Gasteiger partial charge in [-0.2, -0.15) is 0 Å². The number of rotatable bonds is 3. The second kappa shape index (κ2) is 5.44. The van der Waals surface area contributed by atoms with E-state index in [4.69, 9.17) is 4.99 Å². The first kappa shape index (κ1) is 11.6. The second-order valence-corrected chi connectivity index (χ2v) is 4.17. The lowest BCUT2D eigenvalue weighted by Crippen LogP contribution is -1.98. The molecule has 0 aliphatic carbocycles. The molecule has 2 aromatic carbocycles. The van der Waals surface area contributed by atoms with E-state index in [2.05, 4.69) is 50.2 Å². The maximum atomic E-state index is 4.73. The predicted octanol–water partition coefficient (Wildman–Crippen LogP) is 4.26. The van der Waals surface area contributed by atoms with Gasteiger partial charge in [0.15, 0.2) is 0 Å². The van der Waals surface area contributed by atoms with Gasteiger partial charge in [-0.05, 0) is 25.0 Å². The minimum Gasteiger partial charge on any atom is -0.282 e. The number of hydrogen-bond acceptors (Lipinski definition) is 1. The molecule has 1 atom stereocenters. The monoisotopic (exact) mass is 223 g/mol. The van der Waals surface area contributed by atoms with Crippen LogP contribution < -0.4 is 0 Å². The fourth-order valence-electron chi connectivity index (χ4n) is 1.85. The number of nitrogens with zero attached hydrogens (tertiary/aromatic N) is 1. The van der Waals surface area contributed by atoms with Gasteiger partial charge < -0.3 is 0 Å². The van der Waals surface area contributed by atoms with Gasteiger partial charge >= 0.3 is 0 Å². The molecule has 0 fully saturated rings. The van der Waals surface area contributed by atoms with Crippen LogP contribution in [0, 0.1) is 0 Å². The third kappa shape index (κ3) is 3.04. The van der Waals surface area contributed by atoms with Gasteiger partial charge in [0.25, 0.3) is 0 Å². The van der Waals surface area contributed by atoms with E-state index < -0.39 is 0 Å². The Morgan fingerprint density at radius 1 is 0.882 bits per heavy atom. The molecule has 0 aromatic heterocycles. The molecule has 0 aliphatic heterocycles. The summed E-state index contributed by atoms with van der Waals surface area (Å²) in [6.07, 6.45) is 0. The first-order chi connectivity index (χ1) is 8.27. The molecule has 86 valence electrons. The van der Waals surface area contributed by atoms with Crippen molar-refractivity contribution in [3.63, 3.8) is 0 Å². The molecule has 0 saturated heterocycles. The second-order valence-electron chi connectivity index (χ2n) is 4.17.